The molecule has 1 aromatic rings. The number of amides is 1. The molecule has 114 valence electrons. The number of nitrogens with zero attached hydrogens (tertiary/aromatic N) is 3. The van der Waals surface area contributed by atoms with Crippen molar-refractivity contribution in [2.24, 2.45) is 7.05 Å². The molecule has 1 saturated heterocycles. The molecule has 0 radical (unpaired) electrons. The Morgan fingerprint density at radius 1 is 1.48 bits per heavy atom. The van der Waals surface area contributed by atoms with E-state index in [1.807, 2.05) is 11.8 Å². The average molecular weight is 292 g/mol. The number of likely N-dealkylation sites (N-methyl/N-ethyl adjacent to an activating group) is 1. The van der Waals surface area contributed by atoms with Crippen LogP contribution in [0.25, 0.3) is 6.08 Å². The van der Waals surface area contributed by atoms with Gasteiger partial charge in [0.1, 0.15) is 11.9 Å². The lowest BCUT2D eigenvalue weighted by Crippen LogP contribution is -2.43. The number of carboxylic acids is 1. The summed E-state index contributed by atoms with van der Waals surface area (Å²) in [4.78, 5) is 24.7. The average Bonchev–Trinajstić information content (AvgIpc) is 2.99. The van der Waals surface area contributed by atoms with Gasteiger partial charge in [0.2, 0.25) is 5.91 Å². The van der Waals surface area contributed by atoms with Gasteiger partial charge in [0.25, 0.3) is 0 Å². The van der Waals surface area contributed by atoms with E-state index in [2.05, 4.69) is 10.4 Å². The molecule has 1 aliphatic heterocycles. The van der Waals surface area contributed by atoms with Gasteiger partial charge in [-0.1, -0.05) is 0 Å². The summed E-state index contributed by atoms with van der Waals surface area (Å²) in [5.74, 6) is -0.246. The van der Waals surface area contributed by atoms with Crippen LogP contribution in [0.5, 0.6) is 0 Å². The summed E-state index contributed by atoms with van der Waals surface area (Å²) in [6, 6.07) is -0.234. The molecule has 2 rings (SSSR count). The first kappa shape index (κ1) is 15.1. The Balaban J connectivity index is 2.43. The number of nitrogens with one attached hydrogen (secondary N) is 1. The van der Waals surface area contributed by atoms with E-state index in [1.54, 1.807) is 24.9 Å². The van der Waals surface area contributed by atoms with Crippen LogP contribution in [0.2, 0.25) is 0 Å². The number of carbonyl (C=O) groups is 2. The second-order valence-electron chi connectivity index (χ2n) is 5.08. The smallest absolute Gasteiger partial charge is 0.328 e. The van der Waals surface area contributed by atoms with Gasteiger partial charge in [-0.15, -0.1) is 0 Å². The normalized spacial score (nSPS) is 18.4. The maximum absolute atomic E-state index is 12.0. The molecule has 1 fully saturated rings. The number of hydrogen-bond acceptors (Lipinski definition) is 4. The zero-order valence-corrected chi connectivity index (χ0v) is 12.5. The molecule has 1 amide bonds. The number of carboxylic acid groups (broad SMARTS) is 1. The van der Waals surface area contributed by atoms with E-state index in [9.17, 15) is 9.59 Å². The van der Waals surface area contributed by atoms with E-state index in [1.165, 1.54) is 0 Å². The number of aromatic nitrogens is 2. The highest BCUT2D eigenvalue weighted by Crippen LogP contribution is 2.31. The van der Waals surface area contributed by atoms with Crippen molar-refractivity contribution in [2.45, 2.75) is 25.8 Å². The van der Waals surface area contributed by atoms with E-state index in [0.717, 1.165) is 42.5 Å². The molecule has 7 heteroatoms. The van der Waals surface area contributed by atoms with Crippen LogP contribution in [0.3, 0.4) is 0 Å². The molecule has 0 aliphatic carbocycles. The number of hydrogen-bond donors (Lipinski definition) is 2. The van der Waals surface area contributed by atoms with Crippen LogP contribution in [-0.4, -0.2) is 46.4 Å². The van der Waals surface area contributed by atoms with Crippen LogP contribution >= 0.6 is 0 Å². The fourth-order valence-electron chi connectivity index (χ4n) is 2.81. The molecule has 7 nitrogen and oxygen atoms in total. The summed E-state index contributed by atoms with van der Waals surface area (Å²) in [6.45, 7) is 2.58. The highest BCUT2D eigenvalue weighted by atomic mass is 16.4. The van der Waals surface area contributed by atoms with Gasteiger partial charge in [-0.25, -0.2) is 4.79 Å². The third-order valence-corrected chi connectivity index (χ3v) is 3.70. The van der Waals surface area contributed by atoms with Gasteiger partial charge in [0.05, 0.1) is 5.69 Å². The standard InChI is InChI=1S/C14H20N4O3/c1-9-10(6-7-12(19)20)14(17(3)16-9)18-8-4-5-11(18)13(21)15-2/h6-7,11H,4-5,8H2,1-3H3,(H,15,21)(H,19,20). The third-order valence-electron chi connectivity index (χ3n) is 3.70. The number of rotatable bonds is 4. The fraction of sp³-hybridized carbons (Fsp3) is 0.500. The van der Waals surface area contributed by atoms with Crippen molar-refractivity contribution < 1.29 is 14.7 Å². The largest absolute Gasteiger partial charge is 0.478 e. The Hall–Kier alpha value is -2.31. The summed E-state index contributed by atoms with van der Waals surface area (Å²) >= 11 is 0. The van der Waals surface area contributed by atoms with E-state index in [4.69, 9.17) is 5.11 Å². The number of carbonyl (C=O) groups excluding carboxylic acids is 1. The molecule has 1 unspecified atom stereocenters. The minimum absolute atomic E-state index is 0.0282. The second-order valence-corrected chi connectivity index (χ2v) is 5.08. The highest BCUT2D eigenvalue weighted by molar-refractivity contribution is 5.89. The summed E-state index contributed by atoms with van der Waals surface area (Å²) < 4.78 is 1.71. The molecule has 2 heterocycles. The highest BCUT2D eigenvalue weighted by Gasteiger charge is 2.33. The SMILES string of the molecule is CNC(=O)C1CCCN1c1c(C=CC(=O)O)c(C)nn1C. The van der Waals surface area contributed by atoms with Crippen LogP contribution in [0.15, 0.2) is 6.08 Å². The van der Waals surface area contributed by atoms with E-state index >= 15 is 0 Å². The van der Waals surface area contributed by atoms with Gasteiger partial charge in [0, 0.05) is 32.3 Å². The summed E-state index contributed by atoms with van der Waals surface area (Å²) in [5.41, 5.74) is 1.49. The van der Waals surface area contributed by atoms with Crippen molar-refractivity contribution in [1.82, 2.24) is 15.1 Å². The molecule has 1 aromatic heterocycles. The van der Waals surface area contributed by atoms with Crippen molar-refractivity contribution in [2.75, 3.05) is 18.5 Å². The molecule has 2 N–H and O–H groups in total. The van der Waals surface area contributed by atoms with Crippen LogP contribution in [0.1, 0.15) is 24.1 Å². The van der Waals surface area contributed by atoms with E-state index < -0.39 is 5.97 Å². The first-order valence-corrected chi connectivity index (χ1v) is 6.88. The van der Waals surface area contributed by atoms with Crippen LogP contribution in [0.4, 0.5) is 5.82 Å². The van der Waals surface area contributed by atoms with Crippen molar-refractivity contribution in [3.8, 4) is 0 Å². The molecule has 0 bridgehead atoms. The number of aryl methyl sites for hydroxylation is 2. The quantitative estimate of drug-likeness (QED) is 0.791. The van der Waals surface area contributed by atoms with Crippen molar-refractivity contribution in [1.29, 1.82) is 0 Å². The van der Waals surface area contributed by atoms with E-state index in [-0.39, 0.29) is 11.9 Å². The van der Waals surface area contributed by atoms with Crippen molar-refractivity contribution in [3.63, 3.8) is 0 Å². The minimum Gasteiger partial charge on any atom is -0.478 e. The number of anilines is 1. The van der Waals surface area contributed by atoms with Gasteiger partial charge in [-0.2, -0.15) is 5.10 Å². The molecular formula is C14H20N4O3. The predicted octanol–water partition coefficient (Wildman–Crippen LogP) is 0.541. The monoisotopic (exact) mass is 292 g/mol. The number of aliphatic carboxylic acids is 1. The maximum atomic E-state index is 12.0. The lowest BCUT2D eigenvalue weighted by atomic mass is 10.1. The van der Waals surface area contributed by atoms with Crippen LogP contribution < -0.4 is 10.2 Å². The molecule has 0 saturated carbocycles. The summed E-state index contributed by atoms with van der Waals surface area (Å²) in [7, 11) is 3.43. The van der Waals surface area contributed by atoms with Crippen LogP contribution in [-0.2, 0) is 16.6 Å². The summed E-state index contributed by atoms with van der Waals surface area (Å²) in [5, 5.41) is 15.8. The predicted molar refractivity (Wildman–Crippen MR) is 79.0 cm³/mol. The first-order chi connectivity index (χ1) is 9.95. The third kappa shape index (κ3) is 2.91. The Morgan fingerprint density at radius 2 is 2.19 bits per heavy atom. The van der Waals surface area contributed by atoms with Gasteiger partial charge in [-0.3, -0.25) is 9.48 Å². The molecule has 0 spiro atoms. The molecular weight excluding hydrogens is 272 g/mol. The Bertz CT molecular complexity index is 591. The zero-order chi connectivity index (χ0) is 15.6. The lowest BCUT2D eigenvalue weighted by Gasteiger charge is -2.26. The molecule has 21 heavy (non-hydrogen) atoms. The maximum Gasteiger partial charge on any atom is 0.328 e. The summed E-state index contributed by atoms with van der Waals surface area (Å²) in [6.07, 6.45) is 4.34. The van der Waals surface area contributed by atoms with Gasteiger partial charge < -0.3 is 15.3 Å². The molecule has 1 aliphatic rings. The van der Waals surface area contributed by atoms with Crippen molar-refractivity contribution in [3.05, 3.63) is 17.3 Å². The molecule has 1 atom stereocenters. The fourth-order valence-corrected chi connectivity index (χ4v) is 2.81. The van der Waals surface area contributed by atoms with Gasteiger partial charge in [0.15, 0.2) is 0 Å². The Kier molecular flexibility index (Phi) is 4.30. The lowest BCUT2D eigenvalue weighted by molar-refractivity contribution is -0.131. The van der Waals surface area contributed by atoms with Crippen LogP contribution in [0, 0.1) is 6.92 Å². The zero-order valence-electron chi connectivity index (χ0n) is 12.5. The Labute approximate surface area is 123 Å². The topological polar surface area (TPSA) is 87.5 Å². The van der Waals surface area contributed by atoms with Crippen molar-refractivity contribution >= 4 is 23.8 Å². The second kappa shape index (κ2) is 5.99. The van der Waals surface area contributed by atoms with Gasteiger partial charge >= 0.3 is 5.97 Å². The first-order valence-electron chi connectivity index (χ1n) is 6.88. The van der Waals surface area contributed by atoms with Gasteiger partial charge in [-0.05, 0) is 25.8 Å². The minimum atomic E-state index is -1.01. The Morgan fingerprint density at radius 3 is 2.81 bits per heavy atom. The van der Waals surface area contributed by atoms with E-state index in [0.29, 0.717) is 0 Å². The molecule has 0 aromatic carbocycles.